The van der Waals surface area contributed by atoms with Crippen LogP contribution in [0.3, 0.4) is 0 Å². The van der Waals surface area contributed by atoms with E-state index < -0.39 is 50.0 Å². The molecular weight excluding hydrogens is 912 g/mol. The number of hydrogen-bond donors (Lipinski definition) is 5. The van der Waals surface area contributed by atoms with Crippen LogP contribution >= 0.6 is 7.44 Å². The van der Waals surface area contributed by atoms with Crippen molar-refractivity contribution in [2.75, 3.05) is 33.7 Å². The number of aliphatic hydroxyl groups is 1. The van der Waals surface area contributed by atoms with E-state index >= 15 is 0 Å². The van der Waals surface area contributed by atoms with Crippen molar-refractivity contribution in [2.24, 2.45) is 5.92 Å². The molecule has 3 aromatic carbocycles. The van der Waals surface area contributed by atoms with Gasteiger partial charge in [0, 0.05) is 43.2 Å². The van der Waals surface area contributed by atoms with E-state index in [9.17, 15) is 24.1 Å². The van der Waals surface area contributed by atoms with E-state index in [0.29, 0.717) is 24.6 Å². The predicted molar refractivity (Wildman–Crippen MR) is 276 cm³/mol. The number of ether oxygens (including phenoxy) is 4. The summed E-state index contributed by atoms with van der Waals surface area (Å²) in [4.78, 5) is 42.4. The summed E-state index contributed by atoms with van der Waals surface area (Å²) >= 11 is 0. The minimum atomic E-state index is -3.73. The maximum atomic E-state index is 14.3. The van der Waals surface area contributed by atoms with Gasteiger partial charge in [-0.3, -0.25) is 24.4 Å². The van der Waals surface area contributed by atoms with Crippen molar-refractivity contribution < 1.29 is 43.0 Å². The first-order valence-corrected chi connectivity index (χ1v) is 25.5. The Kier molecular flexibility index (Phi) is 25.0. The molecule has 70 heavy (non-hydrogen) atoms. The fourth-order valence-corrected chi connectivity index (χ4v) is 9.09. The Balaban J connectivity index is 0.000000808. The Morgan fingerprint density at radius 1 is 0.829 bits per heavy atom. The molecular formula is C52H73N8O9P. The van der Waals surface area contributed by atoms with Gasteiger partial charge in [0.05, 0.1) is 62.2 Å². The molecule has 4 unspecified atom stereocenters. The lowest BCUT2D eigenvalue weighted by Crippen LogP contribution is -2.51. The fraction of sp³-hybridized carbons (Fsp3) is 0.442. The molecule has 5 rings (SSSR count). The third kappa shape index (κ3) is 18.8. The Bertz CT molecular complexity index is 2520. The number of H-pyrrole nitrogens is 2. The molecule has 0 aliphatic heterocycles. The lowest BCUT2D eigenvalue weighted by molar-refractivity contribution is -0.145. The number of amides is 2. The van der Waals surface area contributed by atoms with Gasteiger partial charge in [0.1, 0.15) is 17.8 Å². The predicted octanol–water partition coefficient (Wildman–Crippen LogP) is 8.88. The van der Waals surface area contributed by atoms with Gasteiger partial charge in [0.2, 0.25) is 7.44 Å². The zero-order chi connectivity index (χ0) is 51.6. The van der Waals surface area contributed by atoms with Gasteiger partial charge in [-0.25, -0.2) is 15.0 Å². The molecule has 6 atom stereocenters. The number of fused-ring (bicyclic) bond motifs is 2. The summed E-state index contributed by atoms with van der Waals surface area (Å²) < 4.78 is 34.8. The number of carbonyl (C=O) groups excluding carboxylic acids is 3. The molecule has 0 bridgehead atoms. The molecule has 0 saturated carbocycles. The third-order valence-electron chi connectivity index (χ3n) is 10.4. The van der Waals surface area contributed by atoms with Crippen LogP contribution in [0.2, 0.25) is 0 Å². The number of aliphatic hydroxyl groups excluding tert-OH is 1. The lowest BCUT2D eigenvalue weighted by atomic mass is 9.99. The van der Waals surface area contributed by atoms with Crippen LogP contribution < -0.4 is 14.9 Å². The molecule has 0 saturated heterocycles. The smallest absolute Gasteiger partial charge is 0.323 e. The van der Waals surface area contributed by atoms with E-state index in [4.69, 9.17) is 18.9 Å². The van der Waals surface area contributed by atoms with Crippen LogP contribution in [-0.2, 0) is 47.9 Å². The molecule has 0 aliphatic carbocycles. The number of benzene rings is 3. The van der Waals surface area contributed by atoms with Crippen LogP contribution in [0, 0.1) is 17.8 Å². The first-order chi connectivity index (χ1) is 33.6. The zero-order valence-corrected chi connectivity index (χ0v) is 43.4. The lowest BCUT2D eigenvalue weighted by Gasteiger charge is -2.37. The van der Waals surface area contributed by atoms with Gasteiger partial charge >= 0.3 is 18.0 Å². The molecule has 2 heterocycles. The molecule has 380 valence electrons. The second-order valence-electron chi connectivity index (χ2n) is 16.2. The highest BCUT2D eigenvalue weighted by Crippen LogP contribution is 2.38. The maximum Gasteiger partial charge on any atom is 0.323 e. The van der Waals surface area contributed by atoms with Crippen LogP contribution in [0.4, 0.5) is 4.79 Å². The summed E-state index contributed by atoms with van der Waals surface area (Å²) in [5, 5.41) is 32.7. The topological polar surface area (TPSA) is 213 Å². The fourth-order valence-electron chi connectivity index (χ4n) is 7.07. The second kappa shape index (κ2) is 30.2. The van der Waals surface area contributed by atoms with Crippen molar-refractivity contribution in [3.63, 3.8) is 0 Å². The molecule has 17 nitrogen and oxygen atoms in total. The van der Waals surface area contributed by atoms with E-state index in [-0.39, 0.29) is 25.8 Å². The van der Waals surface area contributed by atoms with Gasteiger partial charge in [0.25, 0.3) is 0 Å². The van der Waals surface area contributed by atoms with Gasteiger partial charge in [0.15, 0.2) is 6.35 Å². The van der Waals surface area contributed by atoms with Crippen molar-refractivity contribution in [1.82, 2.24) is 40.4 Å². The number of allylic oxidation sites excluding steroid dienone is 3. The molecule has 5 N–H and O–H groups in total. The van der Waals surface area contributed by atoms with Crippen molar-refractivity contribution in [3.05, 3.63) is 114 Å². The Morgan fingerprint density at radius 2 is 1.36 bits per heavy atom. The van der Waals surface area contributed by atoms with Gasteiger partial charge in [-0.1, -0.05) is 62.1 Å². The van der Waals surface area contributed by atoms with Gasteiger partial charge < -0.3 is 33.9 Å². The molecule has 18 heteroatoms. The monoisotopic (exact) mass is 985 g/mol. The quantitative estimate of drug-likeness (QED) is 0.0144. The average Bonchev–Trinajstić information content (AvgIpc) is 4.02. The Labute approximate surface area is 413 Å². The third-order valence-corrected chi connectivity index (χ3v) is 12.5. The Morgan fingerprint density at radius 3 is 1.86 bits per heavy atom. The molecule has 5 aromatic rings. The van der Waals surface area contributed by atoms with Crippen molar-refractivity contribution in [2.45, 2.75) is 112 Å². The van der Waals surface area contributed by atoms with E-state index in [1.807, 2.05) is 81.5 Å². The van der Waals surface area contributed by atoms with E-state index in [1.54, 1.807) is 75.5 Å². The summed E-state index contributed by atoms with van der Waals surface area (Å²) in [6.45, 7) is 17.0. The number of nitrogens with one attached hydrogen (secondary N) is 4. The largest absolute Gasteiger partial charge is 0.505 e. The number of aromatic amines is 2. The number of hydrogen-bond acceptors (Lipinski definition) is 11. The molecule has 0 spiro atoms. The normalized spacial score (nSPS) is 14.1. The summed E-state index contributed by atoms with van der Waals surface area (Å²) in [7, 11) is -0.359. The standard InChI is InChI=1S/C39H51N8O8P.C11H16O.C2H6/c1-7-53-37(49)25(3)44-56(52,45-26(4)38(50)54-8-2)24-55-33-13-9-28(10-14-33)19-36(27(5)48)47(23-30-12-16-35-32(18-30)21-41-43-35)39(51)46(6)22-29-11-15-34-31(17-29)20-40-42-34;1-4-8-11(2)9-6-5-7-10-12-3;1-2/h9-18,20-21,25-27,36,48H,7-8,19,22-24H2,1-6H3,(H,40,42)(H,41,43)(H2,44,45,52);4,7-8,10-11H,5H2,1-3H3;1-2H3/b;8-4-,10-7+;/t25-,26?,27?,36+,56?;;/m0../s1. The highest BCUT2D eigenvalue weighted by atomic mass is 31.2. The first kappa shape index (κ1) is 57.9. The summed E-state index contributed by atoms with van der Waals surface area (Å²) in [6, 6.07) is 15.9. The summed E-state index contributed by atoms with van der Waals surface area (Å²) in [5.41, 5.74) is 4.39. The highest BCUT2D eigenvalue weighted by Gasteiger charge is 2.33. The summed E-state index contributed by atoms with van der Waals surface area (Å²) in [6.07, 6.45) is 10.9. The average molecular weight is 985 g/mol. The Hall–Kier alpha value is -6.44. The number of urea groups is 1. The number of aromatic nitrogens is 4. The minimum absolute atomic E-state index is 0.146. The van der Waals surface area contributed by atoms with Gasteiger partial charge in [-0.2, -0.15) is 10.2 Å². The molecule has 2 aromatic heterocycles. The van der Waals surface area contributed by atoms with Crippen molar-refractivity contribution in [1.29, 1.82) is 0 Å². The van der Waals surface area contributed by atoms with E-state index in [0.717, 1.165) is 44.9 Å². The SMILES string of the molecule is C/C=C\C(C)C#CC/C=C/OC.CC.CCOC(=O)C(C)NP(=O)(COc1ccc(C[C@H](C(C)O)N(Cc2ccc3[nH]ncc3c2)C(=O)N(C)Cc2ccc3[nH]ncc3c2)cc1)N[C@@H](C)C(=O)OCC. The van der Waals surface area contributed by atoms with Gasteiger partial charge in [-0.15, -0.1) is 0 Å². The van der Waals surface area contributed by atoms with Crippen LogP contribution in [0.5, 0.6) is 5.75 Å². The number of carbonyl (C=O) groups is 3. The van der Waals surface area contributed by atoms with Crippen LogP contribution in [0.15, 0.2) is 97.5 Å². The van der Waals surface area contributed by atoms with Crippen molar-refractivity contribution in [3.8, 4) is 17.6 Å². The zero-order valence-electron chi connectivity index (χ0n) is 42.5. The number of esters is 2. The first-order valence-electron chi connectivity index (χ1n) is 23.6. The van der Waals surface area contributed by atoms with E-state index in [2.05, 4.69) is 55.4 Å². The van der Waals surface area contributed by atoms with Gasteiger partial charge in [-0.05, 0) is 114 Å². The van der Waals surface area contributed by atoms with Crippen molar-refractivity contribution >= 4 is 47.2 Å². The molecule has 0 aliphatic rings. The van der Waals surface area contributed by atoms with Crippen LogP contribution in [0.25, 0.3) is 21.8 Å². The van der Waals surface area contributed by atoms with E-state index in [1.165, 1.54) is 13.8 Å². The highest BCUT2D eigenvalue weighted by molar-refractivity contribution is 7.59. The minimum Gasteiger partial charge on any atom is -0.505 e. The number of rotatable bonds is 22. The van der Waals surface area contributed by atoms with Crippen LogP contribution in [-0.4, -0.2) is 111 Å². The maximum absolute atomic E-state index is 14.3. The number of nitrogens with zero attached hydrogens (tertiary/aromatic N) is 4. The number of methoxy groups -OCH3 is 1. The molecule has 2 amide bonds. The molecule has 0 fully saturated rings. The van der Waals surface area contributed by atoms with Crippen LogP contribution in [0.1, 0.15) is 85.4 Å². The summed E-state index contributed by atoms with van der Waals surface area (Å²) in [5.74, 6) is 5.65. The molecule has 0 radical (unpaired) electrons. The second-order valence-corrected chi connectivity index (χ2v) is 18.4.